The van der Waals surface area contributed by atoms with Gasteiger partial charge < -0.3 is 4.74 Å². The van der Waals surface area contributed by atoms with Crippen LogP contribution in [0.25, 0.3) is 0 Å². The molecular formula is C13H21BrO2. The summed E-state index contributed by atoms with van der Waals surface area (Å²) in [7, 11) is 0. The van der Waals surface area contributed by atoms with Crippen LogP contribution >= 0.6 is 15.9 Å². The zero-order chi connectivity index (χ0) is 12.4. The van der Waals surface area contributed by atoms with E-state index in [9.17, 15) is 4.79 Å². The van der Waals surface area contributed by atoms with E-state index in [1.54, 1.807) is 0 Å². The maximum atomic E-state index is 10.8. The molecule has 0 atom stereocenters. The lowest BCUT2D eigenvalue weighted by Gasteiger charge is -2.01. The van der Waals surface area contributed by atoms with Gasteiger partial charge in [0, 0.05) is 0 Å². The predicted molar refractivity (Wildman–Crippen MR) is 71.8 cm³/mol. The first-order chi connectivity index (χ1) is 7.60. The van der Waals surface area contributed by atoms with Crippen LogP contribution in [0, 0.1) is 0 Å². The number of alkyl halides is 1. The minimum atomic E-state index is -0.217. The topological polar surface area (TPSA) is 26.3 Å². The molecule has 0 rings (SSSR count). The summed E-state index contributed by atoms with van der Waals surface area (Å²) in [5, 5.41) is 0.262. The van der Waals surface area contributed by atoms with Gasteiger partial charge in [-0.3, -0.25) is 4.79 Å². The van der Waals surface area contributed by atoms with Crippen LogP contribution < -0.4 is 0 Å². The van der Waals surface area contributed by atoms with Gasteiger partial charge in [-0.1, -0.05) is 40.1 Å². The molecule has 0 aromatic carbocycles. The van der Waals surface area contributed by atoms with E-state index in [0.717, 1.165) is 19.3 Å². The zero-order valence-electron chi connectivity index (χ0n) is 10.4. The highest BCUT2D eigenvalue weighted by Gasteiger charge is 1.96. The summed E-state index contributed by atoms with van der Waals surface area (Å²) in [4.78, 5) is 10.8. The Balaban J connectivity index is 3.75. The third-order valence-corrected chi connectivity index (χ3v) is 2.83. The van der Waals surface area contributed by atoms with Crippen LogP contribution in [0.5, 0.6) is 0 Å². The van der Waals surface area contributed by atoms with Crippen molar-refractivity contribution >= 4 is 21.9 Å². The molecule has 92 valence electrons. The van der Waals surface area contributed by atoms with Crippen molar-refractivity contribution in [2.75, 3.05) is 11.9 Å². The summed E-state index contributed by atoms with van der Waals surface area (Å²) in [6.45, 7) is 6.76. The number of carbonyl (C=O) groups is 1. The zero-order valence-corrected chi connectivity index (χ0v) is 12.0. The van der Waals surface area contributed by atoms with Crippen LogP contribution in [0.15, 0.2) is 23.3 Å². The van der Waals surface area contributed by atoms with Crippen LogP contribution in [0.4, 0.5) is 0 Å². The molecule has 0 saturated heterocycles. The predicted octanol–water partition coefficient (Wildman–Crippen LogP) is 4.01. The molecule has 0 unspecified atom stereocenters. The van der Waals surface area contributed by atoms with E-state index in [1.165, 1.54) is 11.1 Å². The fourth-order valence-electron chi connectivity index (χ4n) is 1.11. The minimum absolute atomic E-state index is 0.217. The second-order valence-electron chi connectivity index (χ2n) is 3.81. The van der Waals surface area contributed by atoms with Crippen LogP contribution in [0.3, 0.4) is 0 Å². The molecule has 0 bridgehead atoms. The fraction of sp³-hybridized carbons (Fsp3) is 0.615. The monoisotopic (exact) mass is 288 g/mol. The second kappa shape index (κ2) is 9.64. The van der Waals surface area contributed by atoms with Crippen LogP contribution in [-0.2, 0) is 9.53 Å². The highest BCUT2D eigenvalue weighted by Crippen LogP contribution is 2.08. The van der Waals surface area contributed by atoms with Gasteiger partial charge in [0.05, 0.1) is 0 Å². The lowest BCUT2D eigenvalue weighted by atomic mass is 10.1. The summed E-state index contributed by atoms with van der Waals surface area (Å²) in [6.07, 6.45) is 7.45. The van der Waals surface area contributed by atoms with Gasteiger partial charge in [-0.05, 0) is 39.2 Å². The molecule has 0 heterocycles. The number of esters is 1. The Labute approximate surface area is 107 Å². The van der Waals surface area contributed by atoms with Gasteiger partial charge in [0.15, 0.2) is 0 Å². The summed E-state index contributed by atoms with van der Waals surface area (Å²) in [6, 6.07) is 0. The van der Waals surface area contributed by atoms with Crippen molar-refractivity contribution in [3.63, 3.8) is 0 Å². The van der Waals surface area contributed by atoms with Crippen molar-refractivity contribution in [2.45, 2.75) is 40.0 Å². The SMILES string of the molecule is CC/C(C)=C/CC/C(C)=C/COC(=O)CBr. The molecule has 2 nitrogen and oxygen atoms in total. The largest absolute Gasteiger partial charge is 0.461 e. The average molecular weight is 289 g/mol. The summed E-state index contributed by atoms with van der Waals surface area (Å²) >= 11 is 3.04. The van der Waals surface area contributed by atoms with E-state index in [0.29, 0.717) is 6.61 Å². The van der Waals surface area contributed by atoms with Gasteiger partial charge in [-0.2, -0.15) is 0 Å². The summed E-state index contributed by atoms with van der Waals surface area (Å²) in [5.41, 5.74) is 2.70. The van der Waals surface area contributed by atoms with Crippen molar-refractivity contribution in [1.29, 1.82) is 0 Å². The highest BCUT2D eigenvalue weighted by atomic mass is 79.9. The Morgan fingerprint density at radius 3 is 2.50 bits per heavy atom. The van der Waals surface area contributed by atoms with Gasteiger partial charge in [-0.15, -0.1) is 0 Å². The Hall–Kier alpha value is -0.570. The van der Waals surface area contributed by atoms with Crippen molar-refractivity contribution in [3.8, 4) is 0 Å². The van der Waals surface area contributed by atoms with E-state index in [2.05, 4.69) is 42.8 Å². The quantitative estimate of drug-likeness (QED) is 0.402. The molecule has 0 aliphatic rings. The molecule has 0 saturated carbocycles. The van der Waals surface area contributed by atoms with E-state index < -0.39 is 0 Å². The van der Waals surface area contributed by atoms with Crippen LogP contribution in [0.2, 0.25) is 0 Å². The lowest BCUT2D eigenvalue weighted by Crippen LogP contribution is -2.05. The maximum Gasteiger partial charge on any atom is 0.316 e. The molecule has 0 N–H and O–H groups in total. The molecule has 0 spiro atoms. The average Bonchev–Trinajstić information content (AvgIpc) is 2.28. The third-order valence-electron chi connectivity index (χ3n) is 2.37. The first-order valence-electron chi connectivity index (χ1n) is 5.63. The number of allylic oxidation sites excluding steroid dienone is 3. The molecule has 0 aliphatic carbocycles. The Morgan fingerprint density at radius 1 is 1.25 bits per heavy atom. The van der Waals surface area contributed by atoms with Crippen LogP contribution in [0.1, 0.15) is 40.0 Å². The molecule has 0 radical (unpaired) electrons. The first kappa shape index (κ1) is 15.4. The highest BCUT2D eigenvalue weighted by molar-refractivity contribution is 9.09. The standard InChI is InChI=1S/C13H21BrO2/c1-4-11(2)6-5-7-12(3)8-9-16-13(15)10-14/h6,8H,4-5,7,9-10H2,1-3H3/b11-6+,12-8+. The van der Waals surface area contributed by atoms with Crippen molar-refractivity contribution in [3.05, 3.63) is 23.3 Å². The number of hydrogen-bond acceptors (Lipinski definition) is 2. The summed E-state index contributed by atoms with van der Waals surface area (Å²) < 4.78 is 4.93. The molecule has 3 heteroatoms. The first-order valence-corrected chi connectivity index (χ1v) is 6.75. The normalized spacial score (nSPS) is 12.8. The molecule has 16 heavy (non-hydrogen) atoms. The second-order valence-corrected chi connectivity index (χ2v) is 4.37. The van der Waals surface area contributed by atoms with Gasteiger partial charge in [0.25, 0.3) is 0 Å². The van der Waals surface area contributed by atoms with E-state index in [1.807, 2.05) is 6.08 Å². The Morgan fingerprint density at radius 2 is 1.94 bits per heavy atom. The van der Waals surface area contributed by atoms with E-state index >= 15 is 0 Å². The maximum absolute atomic E-state index is 10.8. The Kier molecular flexibility index (Phi) is 9.30. The fourth-order valence-corrected chi connectivity index (χ4v) is 1.27. The molecular weight excluding hydrogens is 268 g/mol. The van der Waals surface area contributed by atoms with Crippen molar-refractivity contribution in [1.82, 2.24) is 0 Å². The molecule has 0 aromatic heterocycles. The van der Waals surface area contributed by atoms with Gasteiger partial charge >= 0.3 is 5.97 Å². The Bertz CT molecular complexity index is 267. The molecule has 0 aliphatic heterocycles. The smallest absolute Gasteiger partial charge is 0.316 e. The lowest BCUT2D eigenvalue weighted by molar-refractivity contribution is -0.139. The molecule has 0 amide bonds. The number of rotatable bonds is 7. The van der Waals surface area contributed by atoms with Gasteiger partial charge in [0.1, 0.15) is 11.9 Å². The number of carbonyl (C=O) groups excluding carboxylic acids is 1. The summed E-state index contributed by atoms with van der Waals surface area (Å²) in [5.74, 6) is -0.217. The number of ether oxygens (including phenoxy) is 1. The van der Waals surface area contributed by atoms with Crippen molar-refractivity contribution in [2.24, 2.45) is 0 Å². The molecule has 0 aromatic rings. The number of hydrogen-bond donors (Lipinski definition) is 0. The van der Waals surface area contributed by atoms with Crippen LogP contribution in [-0.4, -0.2) is 17.9 Å². The van der Waals surface area contributed by atoms with E-state index in [-0.39, 0.29) is 11.3 Å². The third kappa shape index (κ3) is 8.72. The van der Waals surface area contributed by atoms with E-state index in [4.69, 9.17) is 4.74 Å². The van der Waals surface area contributed by atoms with Gasteiger partial charge in [0.2, 0.25) is 0 Å². The number of halogens is 1. The van der Waals surface area contributed by atoms with Crippen molar-refractivity contribution < 1.29 is 9.53 Å². The molecule has 0 fully saturated rings. The minimum Gasteiger partial charge on any atom is -0.461 e. The van der Waals surface area contributed by atoms with Gasteiger partial charge in [-0.25, -0.2) is 0 Å².